The molecule has 17 heteroatoms. The number of rotatable bonds is 10. The van der Waals surface area contributed by atoms with Crippen LogP contribution in [0.3, 0.4) is 0 Å². The van der Waals surface area contributed by atoms with Crippen LogP contribution in [0.25, 0.3) is 0 Å². The highest BCUT2D eigenvalue weighted by molar-refractivity contribution is 14.1. The summed E-state index contributed by atoms with van der Waals surface area (Å²) in [6, 6.07) is 18.3. The maximum atomic E-state index is 15.6. The Balaban J connectivity index is 1.05. The molecule has 4 aromatic carbocycles. The summed E-state index contributed by atoms with van der Waals surface area (Å²) in [5.41, 5.74) is 2.25. The SMILES string of the molecule is CC(C(=O)C(C)c1ccc(N2CCN(C(=O)c3cc(S(C)(=O)=O)ccc3I)CC2)c(F)c1)c1ccc(N2CCN(C(=O)c3cc(S(C)(=O)=O)ccc3I)CC2)c(F)c1. The Morgan fingerprint density at radius 3 is 1.21 bits per heavy atom. The summed E-state index contributed by atoms with van der Waals surface area (Å²) in [4.78, 5) is 47.4. The molecule has 2 fully saturated rings. The summed E-state index contributed by atoms with van der Waals surface area (Å²) in [7, 11) is -6.99. The molecule has 2 amide bonds. The molecule has 2 atom stereocenters. The number of hydrogen-bond donors (Lipinski definition) is 0. The number of benzene rings is 4. The van der Waals surface area contributed by atoms with Crippen molar-refractivity contribution in [3.8, 4) is 0 Å². The highest BCUT2D eigenvalue weighted by Crippen LogP contribution is 2.32. The summed E-state index contributed by atoms with van der Waals surface area (Å²) in [5, 5.41) is 0. The van der Waals surface area contributed by atoms with Crippen LogP contribution in [-0.4, -0.2) is 109 Å². The lowest BCUT2D eigenvalue weighted by atomic mass is 9.85. The number of ketones is 1. The van der Waals surface area contributed by atoms with E-state index in [4.69, 9.17) is 0 Å². The standard InChI is InChI=1S/C41H42F2I2N4O7S2/c1-25(27-5-11-37(33(42)21-27)46-13-17-48(18-14-46)40(51)31-23-29(57(3,53)54)7-9-35(31)44)39(50)26(2)28-6-12-38(34(43)22-28)47-15-19-49(20-16-47)41(52)32-24-30(58(4,55)56)8-10-36(32)45/h5-12,21-26H,13-20H2,1-4H3. The van der Waals surface area contributed by atoms with Gasteiger partial charge in [-0.15, -0.1) is 0 Å². The van der Waals surface area contributed by atoms with E-state index in [9.17, 15) is 31.2 Å². The molecule has 2 unspecified atom stereocenters. The molecule has 308 valence electrons. The minimum Gasteiger partial charge on any atom is -0.366 e. The third-order valence-electron chi connectivity index (χ3n) is 10.8. The van der Waals surface area contributed by atoms with Crippen LogP contribution < -0.4 is 9.80 Å². The van der Waals surface area contributed by atoms with Gasteiger partial charge in [-0.2, -0.15) is 0 Å². The van der Waals surface area contributed by atoms with Crippen molar-refractivity contribution in [1.29, 1.82) is 0 Å². The third kappa shape index (κ3) is 9.51. The summed E-state index contributed by atoms with van der Waals surface area (Å²) >= 11 is 4.01. The molecule has 11 nitrogen and oxygen atoms in total. The highest BCUT2D eigenvalue weighted by atomic mass is 127. The average Bonchev–Trinajstić information content (AvgIpc) is 3.19. The number of piperazine rings is 2. The number of halogens is 4. The molecule has 0 aliphatic carbocycles. The Labute approximate surface area is 364 Å². The molecule has 58 heavy (non-hydrogen) atoms. The largest absolute Gasteiger partial charge is 0.366 e. The second-order valence-electron chi connectivity index (χ2n) is 14.7. The van der Waals surface area contributed by atoms with Gasteiger partial charge in [-0.1, -0.05) is 26.0 Å². The number of anilines is 2. The van der Waals surface area contributed by atoms with Gasteiger partial charge in [0.05, 0.1) is 32.3 Å². The fraction of sp³-hybridized carbons (Fsp3) is 0.341. The maximum Gasteiger partial charge on any atom is 0.255 e. The van der Waals surface area contributed by atoms with Crippen LogP contribution in [0, 0.1) is 18.8 Å². The van der Waals surface area contributed by atoms with Crippen LogP contribution in [0.5, 0.6) is 0 Å². The Kier molecular flexibility index (Phi) is 13.2. The van der Waals surface area contributed by atoms with Crippen LogP contribution >= 0.6 is 45.2 Å². The summed E-state index contributed by atoms with van der Waals surface area (Å²) in [6.45, 7) is 6.03. The Morgan fingerprint density at radius 1 is 0.552 bits per heavy atom. The van der Waals surface area contributed by atoms with E-state index in [0.29, 0.717) is 93.1 Å². The van der Waals surface area contributed by atoms with Crippen LogP contribution in [0.15, 0.2) is 82.6 Å². The van der Waals surface area contributed by atoms with Gasteiger partial charge in [0.15, 0.2) is 19.7 Å². The summed E-state index contributed by atoms with van der Waals surface area (Å²) in [6.07, 6.45) is 2.18. The Morgan fingerprint density at radius 2 is 0.897 bits per heavy atom. The van der Waals surface area contributed by atoms with Crippen LogP contribution in [-0.2, 0) is 24.5 Å². The van der Waals surface area contributed by atoms with E-state index in [1.165, 1.54) is 36.4 Å². The highest BCUT2D eigenvalue weighted by Gasteiger charge is 2.30. The van der Waals surface area contributed by atoms with Crippen molar-refractivity contribution in [2.24, 2.45) is 0 Å². The number of nitrogens with zero attached hydrogens (tertiary/aromatic N) is 4. The fourth-order valence-corrected chi connectivity index (χ4v) is 9.67. The van der Waals surface area contributed by atoms with Crippen LogP contribution in [0.1, 0.15) is 57.5 Å². The zero-order chi connectivity index (χ0) is 42.3. The topological polar surface area (TPSA) is 132 Å². The van der Waals surface area contributed by atoms with Crippen molar-refractivity contribution in [1.82, 2.24) is 9.80 Å². The fourth-order valence-electron chi connectivity index (χ4n) is 7.24. The maximum absolute atomic E-state index is 15.6. The van der Waals surface area contributed by atoms with E-state index in [-0.39, 0.29) is 27.4 Å². The second-order valence-corrected chi connectivity index (χ2v) is 21.0. The van der Waals surface area contributed by atoms with E-state index in [0.717, 1.165) is 12.5 Å². The molecule has 0 spiro atoms. The molecule has 2 saturated heterocycles. The van der Waals surface area contributed by atoms with Gasteiger partial charge in [-0.25, -0.2) is 25.6 Å². The van der Waals surface area contributed by atoms with Gasteiger partial charge in [-0.05, 0) is 117 Å². The number of carbonyl (C=O) groups excluding carboxylic acids is 3. The van der Waals surface area contributed by atoms with Crippen molar-refractivity contribution >= 4 is 93.8 Å². The molecular formula is C41H42F2I2N4O7S2. The second kappa shape index (κ2) is 17.5. The zero-order valence-electron chi connectivity index (χ0n) is 32.2. The van der Waals surface area contributed by atoms with Crippen molar-refractivity contribution in [3.63, 3.8) is 0 Å². The van der Waals surface area contributed by atoms with Gasteiger partial charge in [-0.3, -0.25) is 14.4 Å². The molecule has 0 bridgehead atoms. The first kappa shape index (κ1) is 43.9. The third-order valence-corrected chi connectivity index (χ3v) is 14.9. The molecule has 0 N–H and O–H groups in total. The quantitative estimate of drug-likeness (QED) is 0.166. The molecule has 2 heterocycles. The lowest BCUT2D eigenvalue weighted by molar-refractivity contribution is -0.121. The first-order valence-corrected chi connectivity index (χ1v) is 24.4. The zero-order valence-corrected chi connectivity index (χ0v) is 38.2. The number of Topliss-reactive ketones (excluding diaryl/α,β-unsaturated/α-hetero) is 1. The molecule has 6 rings (SSSR count). The first-order valence-electron chi connectivity index (χ1n) is 18.4. The average molecular weight is 1060 g/mol. The lowest BCUT2D eigenvalue weighted by Gasteiger charge is -2.36. The minimum atomic E-state index is -3.49. The molecule has 0 saturated carbocycles. The molecule has 0 aromatic heterocycles. The normalized spacial score (nSPS) is 16.3. The number of carbonyl (C=O) groups is 3. The van der Waals surface area contributed by atoms with Crippen molar-refractivity contribution in [2.75, 3.05) is 74.7 Å². The van der Waals surface area contributed by atoms with E-state index < -0.39 is 43.1 Å². The molecule has 4 aromatic rings. The lowest BCUT2D eigenvalue weighted by Crippen LogP contribution is -2.49. The summed E-state index contributed by atoms with van der Waals surface area (Å²) < 4.78 is 80.8. The summed E-state index contributed by atoms with van der Waals surface area (Å²) in [5.74, 6) is -3.17. The van der Waals surface area contributed by atoms with E-state index in [1.807, 2.05) is 55.0 Å². The van der Waals surface area contributed by atoms with Gasteiger partial charge < -0.3 is 19.6 Å². The van der Waals surface area contributed by atoms with E-state index >= 15 is 8.78 Å². The van der Waals surface area contributed by atoms with Crippen molar-refractivity contribution in [3.05, 3.63) is 114 Å². The van der Waals surface area contributed by atoms with E-state index in [1.54, 1.807) is 60.0 Å². The first-order chi connectivity index (χ1) is 27.2. The monoisotopic (exact) mass is 1060 g/mol. The number of sulfone groups is 2. The Hall–Kier alpha value is -3.69. The van der Waals surface area contributed by atoms with Gasteiger partial charge in [0.2, 0.25) is 0 Å². The smallest absolute Gasteiger partial charge is 0.255 e. The predicted molar refractivity (Wildman–Crippen MR) is 235 cm³/mol. The van der Waals surface area contributed by atoms with Gasteiger partial charge in [0.1, 0.15) is 17.4 Å². The minimum absolute atomic E-state index is 0.0663. The van der Waals surface area contributed by atoms with Crippen molar-refractivity contribution < 1.29 is 40.0 Å². The molecule has 2 aliphatic rings. The van der Waals surface area contributed by atoms with Gasteiger partial charge in [0, 0.05) is 83.8 Å². The number of hydrogen-bond acceptors (Lipinski definition) is 9. The van der Waals surface area contributed by atoms with Gasteiger partial charge >= 0.3 is 0 Å². The molecule has 0 radical (unpaired) electrons. The van der Waals surface area contributed by atoms with E-state index in [2.05, 4.69) is 0 Å². The Bertz CT molecular complexity index is 2340. The molecule has 2 aliphatic heterocycles. The predicted octanol–water partition coefficient (Wildman–Crippen LogP) is 6.38. The number of amides is 2. The van der Waals surface area contributed by atoms with Gasteiger partial charge in [0.25, 0.3) is 11.8 Å². The van der Waals surface area contributed by atoms with Crippen molar-refractivity contribution in [2.45, 2.75) is 35.5 Å². The van der Waals surface area contributed by atoms with Crippen LogP contribution in [0.2, 0.25) is 0 Å². The van der Waals surface area contributed by atoms with Crippen LogP contribution in [0.4, 0.5) is 20.2 Å². The molecular weight excluding hydrogens is 1020 g/mol.